The molecule has 1 aromatic carbocycles. The van der Waals surface area contributed by atoms with Gasteiger partial charge in [-0.2, -0.15) is 13.2 Å². The molecule has 0 bridgehead atoms. The van der Waals surface area contributed by atoms with Gasteiger partial charge in [-0.05, 0) is 69.5 Å². The Hall–Kier alpha value is -2.84. The molecule has 3 atom stereocenters. The molecule has 37 heavy (non-hydrogen) atoms. The van der Waals surface area contributed by atoms with E-state index < -0.39 is 52.2 Å². The van der Waals surface area contributed by atoms with Crippen LogP contribution in [0.3, 0.4) is 0 Å². The van der Waals surface area contributed by atoms with E-state index in [4.69, 9.17) is 11.6 Å². The number of nitrogens with zero attached hydrogens (tertiary/aromatic N) is 1. The highest BCUT2D eigenvalue weighted by molar-refractivity contribution is 7.89. The minimum absolute atomic E-state index is 0.188. The second-order valence-corrected chi connectivity index (χ2v) is 10.9. The van der Waals surface area contributed by atoms with Gasteiger partial charge in [-0.3, -0.25) is 13.9 Å². The molecule has 1 saturated heterocycles. The zero-order valence-electron chi connectivity index (χ0n) is 19.9. The quantitative estimate of drug-likeness (QED) is 0.446. The summed E-state index contributed by atoms with van der Waals surface area (Å²) in [7, 11) is -4.64. The summed E-state index contributed by atoms with van der Waals surface area (Å²) in [6.45, 7) is 4.16. The Kier molecular flexibility index (Phi) is 8.75. The first-order valence-corrected chi connectivity index (χ1v) is 13.1. The second-order valence-electron chi connectivity index (χ2n) is 8.68. The third-order valence-electron chi connectivity index (χ3n) is 5.93. The van der Waals surface area contributed by atoms with E-state index in [2.05, 4.69) is 20.7 Å². The fourth-order valence-corrected chi connectivity index (χ4v) is 5.99. The number of carbonyl (C=O) groups is 3. The Bertz CT molecular complexity index is 1200. The summed E-state index contributed by atoms with van der Waals surface area (Å²) >= 11 is 6.06. The predicted octanol–water partition coefficient (Wildman–Crippen LogP) is 1.65. The van der Waals surface area contributed by atoms with E-state index in [1.165, 1.54) is 19.1 Å². The van der Waals surface area contributed by atoms with Crippen LogP contribution in [0.25, 0.3) is 0 Å². The van der Waals surface area contributed by atoms with Gasteiger partial charge < -0.3 is 20.7 Å². The van der Waals surface area contributed by atoms with Crippen molar-refractivity contribution in [3.63, 3.8) is 0 Å². The van der Waals surface area contributed by atoms with Gasteiger partial charge in [0.1, 0.15) is 0 Å². The van der Waals surface area contributed by atoms with Crippen molar-refractivity contribution in [2.24, 2.45) is 0 Å². The summed E-state index contributed by atoms with van der Waals surface area (Å²) in [6.07, 6.45) is -4.57. The van der Waals surface area contributed by atoms with Gasteiger partial charge in [0.05, 0.1) is 4.90 Å². The van der Waals surface area contributed by atoms with Crippen LogP contribution in [-0.2, 0) is 29.1 Å². The number of sulfonamides is 1. The average Bonchev–Trinajstić information content (AvgIpc) is 3.07. The van der Waals surface area contributed by atoms with Crippen molar-refractivity contribution >= 4 is 39.4 Å². The summed E-state index contributed by atoms with van der Waals surface area (Å²) in [5, 5.41) is 8.06. The van der Waals surface area contributed by atoms with Gasteiger partial charge in [0.25, 0.3) is 21.8 Å². The fraction of sp³-hybridized carbons (Fsp3) is 0.500. The largest absolute Gasteiger partial charge is 0.490 e. The van der Waals surface area contributed by atoms with E-state index in [0.29, 0.717) is 42.2 Å². The Morgan fingerprint density at radius 2 is 1.89 bits per heavy atom. The lowest BCUT2D eigenvalue weighted by Crippen LogP contribution is -2.61. The number of rotatable bonds is 6. The molecular weight excluding hydrogens is 541 g/mol. The molecule has 0 radical (unpaired) electrons. The first-order valence-electron chi connectivity index (χ1n) is 11.3. The van der Waals surface area contributed by atoms with E-state index in [9.17, 15) is 36.0 Å². The molecule has 0 spiro atoms. The number of hydrogen-bond donors (Lipinski definition) is 3. The standard InChI is InChI=1S/C22H26ClF3N4O6S/c1-12-11-16(13(2)10-15(12)23)37(34,35)30-9-8-28-19(31)17(30)18(36-21(33)22(24,25)26)20(32)29-14-4-3-6-27-7-5-14/h8-11,14,17-18,27H,3-7H2,1-2H3,(H,28,31)(H,29,32)/t14-,17+,18?/m0/s1. The molecule has 1 aromatic rings. The molecule has 2 aliphatic rings. The van der Waals surface area contributed by atoms with E-state index in [0.717, 1.165) is 12.4 Å². The van der Waals surface area contributed by atoms with E-state index in [1.54, 1.807) is 6.92 Å². The number of halogens is 4. The van der Waals surface area contributed by atoms with Gasteiger partial charge >= 0.3 is 12.1 Å². The van der Waals surface area contributed by atoms with E-state index >= 15 is 0 Å². The number of esters is 1. The maximum Gasteiger partial charge on any atom is 0.490 e. The molecule has 10 nitrogen and oxygen atoms in total. The van der Waals surface area contributed by atoms with Gasteiger partial charge in [0.2, 0.25) is 6.10 Å². The van der Waals surface area contributed by atoms with Gasteiger partial charge in [-0.15, -0.1) is 0 Å². The number of ether oxygens (including phenoxy) is 1. The van der Waals surface area contributed by atoms with Crippen LogP contribution in [0.4, 0.5) is 13.2 Å². The maximum absolute atomic E-state index is 13.6. The third kappa shape index (κ3) is 6.54. The Balaban J connectivity index is 2.05. The van der Waals surface area contributed by atoms with E-state index in [-0.39, 0.29) is 15.5 Å². The molecule has 0 aliphatic carbocycles. The van der Waals surface area contributed by atoms with Crippen molar-refractivity contribution in [2.75, 3.05) is 13.1 Å². The Labute approximate surface area is 216 Å². The second kappa shape index (κ2) is 11.3. The van der Waals surface area contributed by atoms with Crippen molar-refractivity contribution in [1.82, 2.24) is 20.3 Å². The predicted molar refractivity (Wildman–Crippen MR) is 126 cm³/mol. The lowest BCUT2D eigenvalue weighted by molar-refractivity contribution is -0.207. The minimum atomic E-state index is -5.50. The monoisotopic (exact) mass is 566 g/mol. The molecule has 2 heterocycles. The molecule has 0 saturated carbocycles. The van der Waals surface area contributed by atoms with Crippen LogP contribution in [0, 0.1) is 13.8 Å². The zero-order chi connectivity index (χ0) is 27.5. The topological polar surface area (TPSA) is 134 Å². The summed E-state index contributed by atoms with van der Waals surface area (Å²) in [5.74, 6) is -5.13. The number of amides is 2. The number of nitrogens with one attached hydrogen (secondary N) is 3. The highest BCUT2D eigenvalue weighted by Crippen LogP contribution is 2.30. The van der Waals surface area contributed by atoms with Crippen LogP contribution < -0.4 is 16.0 Å². The highest BCUT2D eigenvalue weighted by Gasteiger charge is 2.50. The number of alkyl halides is 3. The lowest BCUT2D eigenvalue weighted by Gasteiger charge is -2.36. The molecule has 204 valence electrons. The van der Waals surface area contributed by atoms with Crippen molar-refractivity contribution < 1.29 is 40.7 Å². The summed E-state index contributed by atoms with van der Waals surface area (Å²) in [6, 6.07) is -0.0520. The number of hydrogen-bond acceptors (Lipinski definition) is 7. The summed E-state index contributed by atoms with van der Waals surface area (Å²) in [4.78, 5) is 37.5. The first kappa shape index (κ1) is 28.7. The van der Waals surface area contributed by atoms with Gasteiger partial charge in [-0.1, -0.05) is 11.6 Å². The first-order chi connectivity index (χ1) is 17.2. The lowest BCUT2D eigenvalue weighted by atomic mass is 10.1. The summed E-state index contributed by atoms with van der Waals surface area (Å²) in [5.41, 5.74) is 0.570. The van der Waals surface area contributed by atoms with Crippen molar-refractivity contribution in [3.8, 4) is 0 Å². The zero-order valence-corrected chi connectivity index (χ0v) is 21.5. The van der Waals surface area contributed by atoms with Crippen LogP contribution in [0.5, 0.6) is 0 Å². The van der Waals surface area contributed by atoms with Crippen LogP contribution in [0.15, 0.2) is 29.4 Å². The molecule has 1 unspecified atom stereocenters. The van der Waals surface area contributed by atoms with Crippen molar-refractivity contribution in [3.05, 3.63) is 40.7 Å². The van der Waals surface area contributed by atoms with Crippen LogP contribution in [-0.4, -0.2) is 68.0 Å². The normalized spacial score (nSPS) is 21.6. The molecular formula is C22H26ClF3N4O6S. The number of benzene rings is 1. The molecule has 15 heteroatoms. The van der Waals surface area contributed by atoms with Crippen molar-refractivity contribution in [1.29, 1.82) is 0 Å². The molecule has 2 aliphatic heterocycles. The van der Waals surface area contributed by atoms with Crippen LogP contribution >= 0.6 is 11.6 Å². The minimum Gasteiger partial charge on any atom is -0.443 e. The third-order valence-corrected chi connectivity index (χ3v) is 8.24. The number of aryl methyl sites for hydroxylation is 2. The molecule has 3 rings (SSSR count). The van der Waals surface area contributed by atoms with Gasteiger partial charge in [-0.25, -0.2) is 13.2 Å². The summed E-state index contributed by atoms with van der Waals surface area (Å²) < 4.78 is 71.5. The maximum atomic E-state index is 13.6. The molecule has 3 N–H and O–H groups in total. The Morgan fingerprint density at radius 3 is 2.57 bits per heavy atom. The van der Waals surface area contributed by atoms with Crippen LogP contribution in [0.2, 0.25) is 5.02 Å². The molecule has 2 amide bonds. The van der Waals surface area contributed by atoms with Gasteiger partial charge in [0, 0.05) is 23.5 Å². The SMILES string of the molecule is Cc1cc(S(=O)(=O)N2C=CNC(=O)[C@H]2C(OC(=O)C(F)(F)F)C(=O)N[C@H]2CCCNCC2)c(C)cc1Cl. The van der Waals surface area contributed by atoms with Gasteiger partial charge in [0.15, 0.2) is 6.04 Å². The van der Waals surface area contributed by atoms with Crippen molar-refractivity contribution in [2.45, 2.75) is 62.4 Å². The van der Waals surface area contributed by atoms with E-state index in [1.807, 2.05) is 0 Å². The number of carbonyl (C=O) groups excluding carboxylic acids is 3. The fourth-order valence-electron chi connectivity index (χ4n) is 4.02. The molecule has 1 fully saturated rings. The highest BCUT2D eigenvalue weighted by atomic mass is 35.5. The average molecular weight is 567 g/mol. The Morgan fingerprint density at radius 1 is 1.19 bits per heavy atom. The smallest absolute Gasteiger partial charge is 0.443 e. The van der Waals surface area contributed by atoms with Crippen LogP contribution in [0.1, 0.15) is 30.4 Å². The molecule has 0 aromatic heterocycles.